The van der Waals surface area contributed by atoms with Crippen LogP contribution < -0.4 is 10.1 Å². The first kappa shape index (κ1) is 15.7. The third-order valence-electron chi connectivity index (χ3n) is 2.87. The third kappa shape index (κ3) is 4.13. The van der Waals surface area contributed by atoms with Gasteiger partial charge in [0.15, 0.2) is 0 Å². The molecule has 0 spiro atoms. The van der Waals surface area contributed by atoms with Crippen LogP contribution in [-0.4, -0.2) is 23.1 Å². The molecule has 0 bridgehead atoms. The number of aliphatic hydroxyl groups is 1. The van der Waals surface area contributed by atoms with Crippen molar-refractivity contribution in [2.75, 3.05) is 12.4 Å². The van der Waals surface area contributed by atoms with Crippen molar-refractivity contribution >= 4 is 17.7 Å². The molecule has 0 aliphatic carbocycles. The van der Waals surface area contributed by atoms with Gasteiger partial charge in [-0.15, -0.1) is 0 Å². The Hall–Kier alpha value is -2.73. The molecule has 1 amide bonds. The van der Waals surface area contributed by atoms with Crippen LogP contribution in [0, 0.1) is 5.82 Å². The molecule has 0 aliphatic rings. The molecule has 0 atom stereocenters. The second-order valence-electron chi connectivity index (χ2n) is 4.44. The van der Waals surface area contributed by atoms with Crippen LogP contribution in [0.3, 0.4) is 0 Å². The number of amides is 1. The van der Waals surface area contributed by atoms with E-state index in [1.165, 1.54) is 31.5 Å². The summed E-state index contributed by atoms with van der Waals surface area (Å²) in [4.78, 5) is 15.5. The summed E-state index contributed by atoms with van der Waals surface area (Å²) in [6, 6.07) is 6.21. The maximum atomic E-state index is 13.0. The number of carbonyl (C=O) groups is 1. The summed E-state index contributed by atoms with van der Waals surface area (Å²) < 4.78 is 18.0. The van der Waals surface area contributed by atoms with E-state index in [0.717, 1.165) is 6.20 Å². The van der Waals surface area contributed by atoms with Crippen molar-refractivity contribution in [1.29, 1.82) is 0 Å². The zero-order chi connectivity index (χ0) is 15.9. The number of rotatable bonds is 5. The van der Waals surface area contributed by atoms with Crippen molar-refractivity contribution in [2.45, 2.75) is 6.61 Å². The molecule has 0 aliphatic heterocycles. The predicted octanol–water partition coefficient (Wildman–Crippen LogP) is 2.37. The van der Waals surface area contributed by atoms with Crippen LogP contribution in [0.15, 0.2) is 42.7 Å². The van der Waals surface area contributed by atoms with Gasteiger partial charge in [0.2, 0.25) is 5.91 Å². The zero-order valence-electron chi connectivity index (χ0n) is 11.9. The summed E-state index contributed by atoms with van der Waals surface area (Å²) in [6.07, 6.45) is 5.27. The highest BCUT2D eigenvalue weighted by Crippen LogP contribution is 2.22. The number of nitrogens with one attached hydrogen (secondary N) is 1. The smallest absolute Gasteiger partial charge is 0.248 e. The maximum absolute atomic E-state index is 13.0. The van der Waals surface area contributed by atoms with E-state index in [-0.39, 0.29) is 12.5 Å². The van der Waals surface area contributed by atoms with Gasteiger partial charge in [-0.25, -0.2) is 4.39 Å². The molecule has 0 saturated carbocycles. The van der Waals surface area contributed by atoms with Crippen LogP contribution in [0.1, 0.15) is 11.1 Å². The van der Waals surface area contributed by atoms with Crippen molar-refractivity contribution < 1.29 is 19.0 Å². The Kier molecular flexibility index (Phi) is 5.21. The maximum Gasteiger partial charge on any atom is 0.248 e. The highest BCUT2D eigenvalue weighted by Gasteiger charge is 2.05. The molecule has 114 valence electrons. The molecule has 0 unspecified atom stereocenters. The number of hydrogen-bond acceptors (Lipinski definition) is 4. The van der Waals surface area contributed by atoms with E-state index in [2.05, 4.69) is 10.3 Å². The molecule has 22 heavy (non-hydrogen) atoms. The second-order valence-corrected chi connectivity index (χ2v) is 4.44. The van der Waals surface area contributed by atoms with E-state index in [1.807, 2.05) is 0 Å². The van der Waals surface area contributed by atoms with Crippen molar-refractivity contribution in [3.8, 4) is 5.75 Å². The van der Waals surface area contributed by atoms with Gasteiger partial charge in [0.1, 0.15) is 11.6 Å². The molecular formula is C16H15FN2O3. The number of aromatic nitrogens is 1. The molecule has 1 heterocycles. The first-order valence-electron chi connectivity index (χ1n) is 6.50. The minimum absolute atomic E-state index is 0.197. The molecule has 2 N–H and O–H groups in total. The average molecular weight is 302 g/mol. The van der Waals surface area contributed by atoms with E-state index in [1.54, 1.807) is 18.2 Å². The van der Waals surface area contributed by atoms with Gasteiger partial charge in [-0.2, -0.15) is 0 Å². The minimum atomic E-state index is -0.467. The van der Waals surface area contributed by atoms with Gasteiger partial charge >= 0.3 is 0 Å². The SMILES string of the molecule is COc1ccc(NC(=O)/C=C/c2cncc(F)c2)cc1CO. The summed E-state index contributed by atoms with van der Waals surface area (Å²) in [5.41, 5.74) is 1.58. The molecule has 6 heteroatoms. The lowest BCUT2D eigenvalue weighted by atomic mass is 10.2. The number of anilines is 1. The topological polar surface area (TPSA) is 71.5 Å². The first-order valence-corrected chi connectivity index (χ1v) is 6.50. The molecule has 1 aromatic carbocycles. The van der Waals surface area contributed by atoms with Crippen LogP contribution in [0.4, 0.5) is 10.1 Å². The predicted molar refractivity (Wildman–Crippen MR) is 80.8 cm³/mol. The van der Waals surface area contributed by atoms with E-state index >= 15 is 0 Å². The van der Waals surface area contributed by atoms with Crippen molar-refractivity contribution in [1.82, 2.24) is 4.98 Å². The largest absolute Gasteiger partial charge is 0.496 e. The van der Waals surface area contributed by atoms with E-state index in [9.17, 15) is 14.3 Å². The fraction of sp³-hybridized carbons (Fsp3) is 0.125. The molecule has 0 radical (unpaired) electrons. The van der Waals surface area contributed by atoms with Gasteiger partial charge in [0.25, 0.3) is 0 Å². The number of nitrogens with zero attached hydrogens (tertiary/aromatic N) is 1. The molecule has 0 fully saturated rings. The van der Waals surface area contributed by atoms with Crippen LogP contribution >= 0.6 is 0 Å². The summed E-state index contributed by atoms with van der Waals surface area (Å²) in [5.74, 6) is -0.300. The highest BCUT2D eigenvalue weighted by molar-refractivity contribution is 6.02. The van der Waals surface area contributed by atoms with Crippen LogP contribution in [0.25, 0.3) is 6.08 Å². The van der Waals surface area contributed by atoms with Gasteiger partial charge in [0, 0.05) is 23.5 Å². The Bertz CT molecular complexity index is 702. The van der Waals surface area contributed by atoms with Crippen LogP contribution in [-0.2, 0) is 11.4 Å². The van der Waals surface area contributed by atoms with Gasteiger partial charge in [-0.1, -0.05) is 0 Å². The third-order valence-corrected chi connectivity index (χ3v) is 2.87. The van der Waals surface area contributed by atoms with E-state index in [4.69, 9.17) is 4.74 Å². The lowest BCUT2D eigenvalue weighted by Crippen LogP contribution is -2.08. The number of benzene rings is 1. The number of methoxy groups -OCH3 is 1. The Balaban J connectivity index is 2.06. The van der Waals surface area contributed by atoms with E-state index in [0.29, 0.717) is 22.6 Å². The molecule has 1 aromatic heterocycles. The van der Waals surface area contributed by atoms with Crippen molar-refractivity contribution in [3.05, 3.63) is 59.7 Å². The molecule has 5 nitrogen and oxygen atoms in total. The monoisotopic (exact) mass is 302 g/mol. The quantitative estimate of drug-likeness (QED) is 0.832. The Morgan fingerprint density at radius 2 is 2.23 bits per heavy atom. The lowest BCUT2D eigenvalue weighted by molar-refractivity contribution is -0.111. The summed E-state index contributed by atoms with van der Waals surface area (Å²) in [5, 5.41) is 11.9. The zero-order valence-corrected chi connectivity index (χ0v) is 11.9. The number of ether oxygens (including phenoxy) is 1. The average Bonchev–Trinajstić information content (AvgIpc) is 2.53. The standard InChI is InChI=1S/C16H15FN2O3/c1-22-15-4-3-14(7-12(15)10-20)19-16(21)5-2-11-6-13(17)9-18-8-11/h2-9,20H,10H2,1H3,(H,19,21)/b5-2+. The Morgan fingerprint density at radius 3 is 2.91 bits per heavy atom. The number of pyridine rings is 1. The highest BCUT2D eigenvalue weighted by atomic mass is 19.1. The van der Waals surface area contributed by atoms with Gasteiger partial charge < -0.3 is 15.2 Å². The Morgan fingerprint density at radius 1 is 1.41 bits per heavy atom. The fourth-order valence-corrected chi connectivity index (χ4v) is 1.86. The molecule has 2 rings (SSSR count). The summed E-state index contributed by atoms with van der Waals surface area (Å²) >= 11 is 0. The fourth-order valence-electron chi connectivity index (χ4n) is 1.86. The molecule has 2 aromatic rings. The summed E-state index contributed by atoms with van der Waals surface area (Å²) in [6.45, 7) is -0.197. The van der Waals surface area contributed by atoms with Gasteiger partial charge in [-0.05, 0) is 35.9 Å². The van der Waals surface area contributed by atoms with Crippen LogP contribution in [0.5, 0.6) is 5.75 Å². The van der Waals surface area contributed by atoms with Crippen molar-refractivity contribution in [2.24, 2.45) is 0 Å². The normalized spacial score (nSPS) is 10.7. The number of aliphatic hydroxyl groups excluding tert-OH is 1. The van der Waals surface area contributed by atoms with Gasteiger partial charge in [0.05, 0.1) is 19.9 Å². The summed E-state index contributed by atoms with van der Waals surface area (Å²) in [7, 11) is 1.50. The second kappa shape index (κ2) is 7.33. The molecule has 0 saturated heterocycles. The number of hydrogen-bond donors (Lipinski definition) is 2. The Labute approximate surface area is 127 Å². The van der Waals surface area contributed by atoms with Gasteiger partial charge in [-0.3, -0.25) is 9.78 Å². The first-order chi connectivity index (χ1) is 10.6. The van der Waals surface area contributed by atoms with Crippen LogP contribution in [0.2, 0.25) is 0 Å². The molecular weight excluding hydrogens is 287 g/mol. The minimum Gasteiger partial charge on any atom is -0.496 e. The van der Waals surface area contributed by atoms with E-state index < -0.39 is 5.82 Å². The number of carbonyl (C=O) groups excluding carboxylic acids is 1. The van der Waals surface area contributed by atoms with Crippen molar-refractivity contribution in [3.63, 3.8) is 0 Å². The number of halogens is 1. The lowest BCUT2D eigenvalue weighted by Gasteiger charge is -2.09.